The van der Waals surface area contributed by atoms with Crippen LogP contribution in [0, 0.1) is 5.92 Å². The molecule has 1 heterocycles. The summed E-state index contributed by atoms with van der Waals surface area (Å²) in [7, 11) is 0. The molecule has 2 rings (SSSR count). The fraction of sp³-hybridized carbons (Fsp3) is 0.724. The number of esters is 2. The lowest BCUT2D eigenvalue weighted by Crippen LogP contribution is -2.47. The first kappa shape index (κ1) is 30.3. The van der Waals surface area contributed by atoms with E-state index in [1.807, 2.05) is 32.0 Å². The lowest BCUT2D eigenvalue weighted by molar-refractivity contribution is -0.263. The van der Waals surface area contributed by atoms with Crippen LogP contribution in [0.25, 0.3) is 0 Å². The summed E-state index contributed by atoms with van der Waals surface area (Å²) in [6.07, 6.45) is 7.19. The lowest BCUT2D eigenvalue weighted by Gasteiger charge is -2.39. The van der Waals surface area contributed by atoms with Gasteiger partial charge in [0.1, 0.15) is 0 Å². The summed E-state index contributed by atoms with van der Waals surface area (Å²) in [5, 5.41) is 9.89. The molecule has 1 saturated heterocycles. The van der Waals surface area contributed by atoms with E-state index in [2.05, 4.69) is 6.92 Å². The lowest BCUT2D eigenvalue weighted by atomic mass is 9.95. The maximum Gasteiger partial charge on any atom is 0.338 e. The average molecular weight is 507 g/mol. The van der Waals surface area contributed by atoms with Gasteiger partial charge in [0.15, 0.2) is 12.4 Å². The Bertz CT molecular complexity index is 753. The Morgan fingerprint density at radius 1 is 1.03 bits per heavy atom. The fourth-order valence-corrected chi connectivity index (χ4v) is 4.44. The van der Waals surface area contributed by atoms with Crippen molar-refractivity contribution in [2.75, 3.05) is 6.61 Å². The summed E-state index contributed by atoms with van der Waals surface area (Å²) in [5.41, 5.74) is 0.532. The van der Waals surface area contributed by atoms with Gasteiger partial charge in [-0.05, 0) is 58.1 Å². The number of aliphatic hydroxyl groups is 1. The highest BCUT2D eigenvalue weighted by molar-refractivity contribution is 5.89. The predicted molar refractivity (Wildman–Crippen MR) is 139 cm³/mol. The molecule has 0 amide bonds. The number of hydrogen-bond acceptors (Lipinski definition) is 7. The molecule has 0 aromatic heterocycles. The van der Waals surface area contributed by atoms with Crippen molar-refractivity contribution >= 4 is 11.9 Å². The summed E-state index contributed by atoms with van der Waals surface area (Å²) in [4.78, 5) is 24.0. The molecule has 2 unspecified atom stereocenters. The van der Waals surface area contributed by atoms with E-state index in [0.717, 1.165) is 44.9 Å². The minimum absolute atomic E-state index is 0.00607. The molecule has 1 aliphatic rings. The van der Waals surface area contributed by atoms with Crippen LogP contribution in [0.3, 0.4) is 0 Å². The zero-order valence-corrected chi connectivity index (χ0v) is 22.5. The third-order valence-electron chi connectivity index (χ3n) is 6.80. The molecule has 1 aromatic carbocycles. The van der Waals surface area contributed by atoms with Crippen LogP contribution >= 0.6 is 0 Å². The van der Waals surface area contributed by atoms with Crippen LogP contribution in [0.2, 0.25) is 0 Å². The highest BCUT2D eigenvalue weighted by Gasteiger charge is 2.38. The molecule has 0 saturated carbocycles. The van der Waals surface area contributed by atoms with Crippen molar-refractivity contribution in [1.29, 1.82) is 0 Å². The first-order valence-electron chi connectivity index (χ1n) is 13.7. The Kier molecular flexibility index (Phi) is 14.1. The molecular weight excluding hydrogens is 460 g/mol. The van der Waals surface area contributed by atoms with Crippen LogP contribution in [0.1, 0.15) is 102 Å². The largest absolute Gasteiger partial charge is 0.466 e. The normalized spacial score (nSPS) is 23.6. The quantitative estimate of drug-likeness (QED) is 0.223. The summed E-state index contributed by atoms with van der Waals surface area (Å²) in [6, 6.07) is 9.02. The van der Waals surface area contributed by atoms with E-state index in [1.165, 1.54) is 0 Å². The van der Waals surface area contributed by atoms with Gasteiger partial charge in [0.05, 0.1) is 36.9 Å². The number of carbonyl (C=O) groups excluding carboxylic acids is 2. The molecule has 36 heavy (non-hydrogen) atoms. The van der Waals surface area contributed by atoms with Crippen molar-refractivity contribution in [3.63, 3.8) is 0 Å². The van der Waals surface area contributed by atoms with Crippen LogP contribution in [0.4, 0.5) is 0 Å². The van der Waals surface area contributed by atoms with E-state index in [1.54, 1.807) is 19.1 Å². The topological polar surface area (TPSA) is 91.3 Å². The van der Waals surface area contributed by atoms with Gasteiger partial charge in [-0.3, -0.25) is 4.79 Å². The van der Waals surface area contributed by atoms with E-state index in [4.69, 9.17) is 18.9 Å². The third-order valence-corrected chi connectivity index (χ3v) is 6.80. The Hall–Kier alpha value is -1.96. The molecule has 0 spiro atoms. The molecule has 6 atom stereocenters. The van der Waals surface area contributed by atoms with Crippen molar-refractivity contribution in [1.82, 2.24) is 0 Å². The average Bonchev–Trinajstić information content (AvgIpc) is 2.84. The highest BCUT2D eigenvalue weighted by Crippen LogP contribution is 2.29. The molecule has 1 aliphatic heterocycles. The molecule has 1 fully saturated rings. The summed E-state index contributed by atoms with van der Waals surface area (Å²) in [6.45, 7) is 8.31. The molecule has 7 nitrogen and oxygen atoms in total. The van der Waals surface area contributed by atoms with Gasteiger partial charge in [-0.15, -0.1) is 0 Å². The first-order chi connectivity index (χ1) is 17.3. The molecular formula is C29H46O7. The van der Waals surface area contributed by atoms with Gasteiger partial charge in [0.25, 0.3) is 0 Å². The zero-order chi connectivity index (χ0) is 26.3. The molecule has 7 heteroatoms. The third kappa shape index (κ3) is 11.4. The van der Waals surface area contributed by atoms with Crippen LogP contribution in [0.5, 0.6) is 0 Å². The smallest absolute Gasteiger partial charge is 0.338 e. The summed E-state index contributed by atoms with van der Waals surface area (Å²) >= 11 is 0. The van der Waals surface area contributed by atoms with E-state index in [-0.39, 0.29) is 36.5 Å². The fourth-order valence-electron chi connectivity index (χ4n) is 4.44. The SMILES string of the molecule is CCOC(=O)C[C@H](O)CCCCCCCC[C@H](C)O[C@@H]1OC(C)[C@H](C)CC1OC(=O)c1ccccc1. The van der Waals surface area contributed by atoms with Gasteiger partial charge >= 0.3 is 11.9 Å². The van der Waals surface area contributed by atoms with Crippen molar-refractivity contribution in [2.24, 2.45) is 5.92 Å². The Morgan fingerprint density at radius 3 is 2.33 bits per heavy atom. The summed E-state index contributed by atoms with van der Waals surface area (Å²) < 4.78 is 23.0. The van der Waals surface area contributed by atoms with Crippen LogP contribution in [0.15, 0.2) is 30.3 Å². The number of aliphatic hydroxyl groups excluding tert-OH is 1. The highest BCUT2D eigenvalue weighted by atomic mass is 16.7. The van der Waals surface area contributed by atoms with Gasteiger partial charge in [-0.2, -0.15) is 0 Å². The maximum atomic E-state index is 12.6. The predicted octanol–water partition coefficient (Wildman–Crippen LogP) is 5.82. The van der Waals surface area contributed by atoms with E-state index < -0.39 is 18.5 Å². The second-order valence-electron chi connectivity index (χ2n) is 10.0. The molecule has 0 aliphatic carbocycles. The molecule has 1 N–H and O–H groups in total. The molecule has 1 aromatic rings. The van der Waals surface area contributed by atoms with Crippen LogP contribution in [-0.4, -0.2) is 54.4 Å². The monoisotopic (exact) mass is 506 g/mol. The van der Waals surface area contributed by atoms with Crippen molar-refractivity contribution < 1.29 is 33.6 Å². The van der Waals surface area contributed by atoms with Gasteiger partial charge < -0.3 is 24.1 Å². The van der Waals surface area contributed by atoms with E-state index >= 15 is 0 Å². The van der Waals surface area contributed by atoms with Gasteiger partial charge in [0.2, 0.25) is 0 Å². The number of benzene rings is 1. The second kappa shape index (κ2) is 16.7. The van der Waals surface area contributed by atoms with Gasteiger partial charge in [-0.25, -0.2) is 4.79 Å². The number of ether oxygens (including phenoxy) is 4. The van der Waals surface area contributed by atoms with Crippen molar-refractivity contribution in [3.8, 4) is 0 Å². The van der Waals surface area contributed by atoms with Gasteiger partial charge in [0, 0.05) is 0 Å². The first-order valence-corrected chi connectivity index (χ1v) is 13.7. The Morgan fingerprint density at radius 2 is 1.67 bits per heavy atom. The van der Waals surface area contributed by atoms with Crippen molar-refractivity contribution in [2.45, 2.75) is 123 Å². The molecule has 0 radical (unpaired) electrons. The number of rotatable bonds is 16. The number of carbonyl (C=O) groups is 2. The van der Waals surface area contributed by atoms with Gasteiger partial charge in [-0.1, -0.05) is 63.6 Å². The van der Waals surface area contributed by atoms with E-state index in [9.17, 15) is 14.7 Å². The molecule has 204 valence electrons. The number of unbranched alkanes of at least 4 members (excludes halogenated alkanes) is 5. The number of hydrogen-bond donors (Lipinski definition) is 1. The minimum atomic E-state index is -0.606. The van der Waals surface area contributed by atoms with Crippen LogP contribution in [-0.2, 0) is 23.7 Å². The van der Waals surface area contributed by atoms with Crippen molar-refractivity contribution in [3.05, 3.63) is 35.9 Å². The molecule has 0 bridgehead atoms. The zero-order valence-electron chi connectivity index (χ0n) is 22.5. The summed E-state index contributed by atoms with van der Waals surface area (Å²) in [5.74, 6) is -0.398. The van der Waals surface area contributed by atoms with Crippen LogP contribution < -0.4 is 0 Å². The maximum absolute atomic E-state index is 12.6. The standard InChI is InChI=1S/C29H46O7/c1-5-33-27(31)20-25(30)18-14-9-7-6-8-11-15-22(3)34-29-26(19-21(2)23(4)35-29)36-28(32)24-16-12-10-13-17-24/h10,12-13,16-17,21-23,25-26,29-30H,5-9,11,14-15,18-20H2,1-4H3/t21-,22+,23?,25-,26?,29-/m1/s1. The van der Waals surface area contributed by atoms with E-state index in [0.29, 0.717) is 25.0 Å². The minimum Gasteiger partial charge on any atom is -0.466 e. The Labute approximate surface area is 216 Å². The Balaban J connectivity index is 1.63. The second-order valence-corrected chi connectivity index (χ2v) is 10.0.